The zero-order chi connectivity index (χ0) is 18.5. The van der Waals surface area contributed by atoms with E-state index in [2.05, 4.69) is 10.1 Å². The summed E-state index contributed by atoms with van der Waals surface area (Å²) in [6, 6.07) is 13.0. The van der Waals surface area contributed by atoms with Crippen molar-refractivity contribution < 1.29 is 14.6 Å². The maximum absolute atomic E-state index is 10.2. The highest BCUT2D eigenvalue weighted by molar-refractivity contribution is 7.07. The van der Waals surface area contributed by atoms with Crippen molar-refractivity contribution in [2.24, 2.45) is 10.1 Å². The standard InChI is InChI=1S/C19H19N3O3S/c1-20-19-22(21-11-13-7-6-10-17(25-3)18(13)23)15(12-26-19)14-8-4-5-9-16(14)24-2/h4-12,23H,1-3H3. The number of ether oxygens (including phenoxy) is 2. The Morgan fingerprint density at radius 2 is 1.77 bits per heavy atom. The van der Waals surface area contributed by atoms with Gasteiger partial charge >= 0.3 is 0 Å². The van der Waals surface area contributed by atoms with Gasteiger partial charge in [0, 0.05) is 23.6 Å². The number of hydrogen-bond acceptors (Lipinski definition) is 6. The topological polar surface area (TPSA) is 68.3 Å². The van der Waals surface area contributed by atoms with Crippen LogP contribution in [0.15, 0.2) is 57.9 Å². The van der Waals surface area contributed by atoms with Crippen molar-refractivity contribution in [2.75, 3.05) is 21.3 Å². The normalized spacial score (nSPS) is 11.9. The number of rotatable bonds is 5. The SMILES string of the molecule is CN=c1scc(-c2ccccc2OC)n1N=Cc1cccc(OC)c1O. The Kier molecular flexibility index (Phi) is 5.38. The summed E-state index contributed by atoms with van der Waals surface area (Å²) < 4.78 is 12.3. The highest BCUT2D eigenvalue weighted by atomic mass is 32.1. The molecule has 0 aliphatic rings. The molecule has 0 fully saturated rings. The molecular weight excluding hydrogens is 350 g/mol. The van der Waals surface area contributed by atoms with Crippen LogP contribution in [0.5, 0.6) is 17.2 Å². The zero-order valence-electron chi connectivity index (χ0n) is 14.7. The maximum Gasteiger partial charge on any atom is 0.205 e. The van der Waals surface area contributed by atoms with Crippen molar-refractivity contribution in [3.05, 3.63) is 58.2 Å². The lowest BCUT2D eigenvalue weighted by Crippen LogP contribution is -2.11. The van der Waals surface area contributed by atoms with Crippen molar-refractivity contribution in [3.8, 4) is 28.5 Å². The van der Waals surface area contributed by atoms with Gasteiger partial charge in [0.05, 0.1) is 26.1 Å². The second-order valence-corrected chi connectivity index (χ2v) is 6.12. The summed E-state index contributed by atoms with van der Waals surface area (Å²) in [7, 11) is 4.86. The first-order valence-corrected chi connectivity index (χ1v) is 8.74. The van der Waals surface area contributed by atoms with Crippen molar-refractivity contribution in [1.82, 2.24) is 4.68 Å². The largest absolute Gasteiger partial charge is 0.504 e. The van der Waals surface area contributed by atoms with Crippen molar-refractivity contribution in [1.29, 1.82) is 0 Å². The number of para-hydroxylation sites is 2. The number of aromatic nitrogens is 1. The number of nitrogens with zero attached hydrogens (tertiary/aromatic N) is 3. The molecule has 0 spiro atoms. The van der Waals surface area contributed by atoms with E-state index < -0.39 is 0 Å². The third kappa shape index (κ3) is 3.34. The molecule has 134 valence electrons. The summed E-state index contributed by atoms with van der Waals surface area (Å²) in [6.45, 7) is 0. The molecule has 0 amide bonds. The van der Waals surface area contributed by atoms with E-state index >= 15 is 0 Å². The molecule has 2 aromatic carbocycles. The molecule has 0 saturated heterocycles. The third-order valence-electron chi connectivity index (χ3n) is 3.82. The Balaban J connectivity index is 2.10. The Hall–Kier alpha value is -3.06. The van der Waals surface area contributed by atoms with E-state index in [0.717, 1.165) is 21.8 Å². The fourth-order valence-corrected chi connectivity index (χ4v) is 3.33. The predicted octanol–water partition coefficient (Wildman–Crippen LogP) is 3.35. The van der Waals surface area contributed by atoms with Crippen molar-refractivity contribution in [2.45, 2.75) is 0 Å². The molecule has 0 bridgehead atoms. The van der Waals surface area contributed by atoms with Crippen LogP contribution in [-0.2, 0) is 0 Å². The fourth-order valence-electron chi connectivity index (χ4n) is 2.53. The summed E-state index contributed by atoms with van der Waals surface area (Å²) in [5.74, 6) is 1.19. The Morgan fingerprint density at radius 3 is 2.50 bits per heavy atom. The summed E-state index contributed by atoms with van der Waals surface area (Å²) in [5.41, 5.74) is 2.32. The smallest absolute Gasteiger partial charge is 0.205 e. The van der Waals surface area contributed by atoms with Gasteiger partial charge in [-0.25, -0.2) is 4.68 Å². The summed E-state index contributed by atoms with van der Waals surface area (Å²) >= 11 is 1.48. The van der Waals surface area contributed by atoms with Gasteiger partial charge in [0.15, 0.2) is 11.5 Å². The lowest BCUT2D eigenvalue weighted by atomic mass is 10.1. The molecule has 0 radical (unpaired) electrons. The van der Waals surface area contributed by atoms with Crippen LogP contribution in [0.3, 0.4) is 0 Å². The van der Waals surface area contributed by atoms with Crippen molar-refractivity contribution >= 4 is 17.6 Å². The van der Waals surface area contributed by atoms with Gasteiger partial charge in [-0.3, -0.25) is 4.99 Å². The number of phenols is 1. The van der Waals surface area contributed by atoms with Crippen LogP contribution in [0.1, 0.15) is 5.56 Å². The molecule has 0 unspecified atom stereocenters. The van der Waals surface area contributed by atoms with Crippen LogP contribution >= 0.6 is 11.3 Å². The summed E-state index contributed by atoms with van der Waals surface area (Å²) in [4.78, 5) is 5.01. The molecule has 0 aliphatic carbocycles. The van der Waals surface area contributed by atoms with Gasteiger partial charge in [0.25, 0.3) is 0 Å². The Bertz CT molecular complexity index is 1010. The van der Waals surface area contributed by atoms with E-state index in [4.69, 9.17) is 9.47 Å². The molecule has 1 N–H and O–H groups in total. The van der Waals surface area contributed by atoms with Crippen LogP contribution in [0.2, 0.25) is 0 Å². The second-order valence-electron chi connectivity index (χ2n) is 5.28. The average Bonchev–Trinajstić information content (AvgIpc) is 3.09. The number of thiazole rings is 1. The van der Waals surface area contributed by atoms with Gasteiger partial charge < -0.3 is 14.6 Å². The molecule has 0 aliphatic heterocycles. The molecule has 3 rings (SSSR count). The average molecular weight is 369 g/mol. The van der Waals surface area contributed by atoms with Gasteiger partial charge in [0.1, 0.15) is 5.75 Å². The molecule has 7 heteroatoms. The molecule has 6 nitrogen and oxygen atoms in total. The first kappa shape index (κ1) is 17.8. The van der Waals surface area contributed by atoms with Crippen LogP contribution in [0.4, 0.5) is 0 Å². The van der Waals surface area contributed by atoms with E-state index in [0.29, 0.717) is 11.3 Å². The summed E-state index contributed by atoms with van der Waals surface area (Å²) in [6.07, 6.45) is 1.58. The maximum atomic E-state index is 10.2. The van der Waals surface area contributed by atoms with Gasteiger partial charge in [0.2, 0.25) is 4.80 Å². The minimum absolute atomic E-state index is 0.0448. The molecule has 0 atom stereocenters. The number of methoxy groups -OCH3 is 2. The number of hydrogen-bond donors (Lipinski definition) is 1. The lowest BCUT2D eigenvalue weighted by Gasteiger charge is -2.09. The summed E-state index contributed by atoms with van der Waals surface area (Å²) in [5, 5.41) is 16.8. The molecular formula is C19H19N3O3S. The van der Waals surface area contributed by atoms with Crippen LogP contribution < -0.4 is 14.3 Å². The number of aromatic hydroxyl groups is 1. The van der Waals surface area contributed by atoms with E-state index in [9.17, 15) is 5.11 Å². The molecule has 1 heterocycles. The molecule has 1 aromatic heterocycles. The van der Waals surface area contributed by atoms with Crippen LogP contribution in [0, 0.1) is 0 Å². The predicted molar refractivity (Wildman–Crippen MR) is 103 cm³/mol. The highest BCUT2D eigenvalue weighted by Crippen LogP contribution is 2.30. The van der Waals surface area contributed by atoms with E-state index in [1.807, 2.05) is 29.6 Å². The van der Waals surface area contributed by atoms with Crippen LogP contribution in [-0.4, -0.2) is 37.3 Å². The lowest BCUT2D eigenvalue weighted by molar-refractivity contribution is 0.373. The quantitative estimate of drug-likeness (QED) is 0.701. The molecule has 0 saturated carbocycles. The monoisotopic (exact) mass is 369 g/mol. The minimum Gasteiger partial charge on any atom is -0.504 e. The zero-order valence-corrected chi connectivity index (χ0v) is 15.5. The van der Waals surface area contributed by atoms with Gasteiger partial charge in [-0.2, -0.15) is 5.10 Å². The molecule has 26 heavy (non-hydrogen) atoms. The fraction of sp³-hybridized carbons (Fsp3) is 0.158. The minimum atomic E-state index is 0.0448. The number of phenolic OH excluding ortho intramolecular Hbond substituents is 1. The van der Waals surface area contributed by atoms with Gasteiger partial charge in [-0.15, -0.1) is 11.3 Å². The van der Waals surface area contributed by atoms with Crippen molar-refractivity contribution in [3.63, 3.8) is 0 Å². The van der Waals surface area contributed by atoms with Crippen LogP contribution in [0.25, 0.3) is 11.3 Å². The second kappa shape index (κ2) is 7.88. The van der Waals surface area contributed by atoms with Gasteiger partial charge in [-0.05, 0) is 24.3 Å². The highest BCUT2D eigenvalue weighted by Gasteiger charge is 2.12. The first-order chi connectivity index (χ1) is 12.7. The van der Waals surface area contributed by atoms with E-state index in [1.54, 1.807) is 43.2 Å². The first-order valence-electron chi connectivity index (χ1n) is 7.86. The molecule has 3 aromatic rings. The van der Waals surface area contributed by atoms with E-state index in [1.165, 1.54) is 18.4 Å². The van der Waals surface area contributed by atoms with E-state index in [-0.39, 0.29) is 5.75 Å². The number of benzene rings is 2. The Labute approximate surface area is 155 Å². The third-order valence-corrected chi connectivity index (χ3v) is 4.73. The van der Waals surface area contributed by atoms with Gasteiger partial charge in [-0.1, -0.05) is 18.2 Å². The Morgan fingerprint density at radius 1 is 1.04 bits per heavy atom.